The summed E-state index contributed by atoms with van der Waals surface area (Å²) in [6.45, 7) is 2.65. The van der Waals surface area contributed by atoms with Crippen LogP contribution in [0, 0.1) is 11.7 Å². The van der Waals surface area contributed by atoms with E-state index in [1.807, 2.05) is 0 Å². The maximum Gasteiger partial charge on any atom is 0.306 e. The zero-order chi connectivity index (χ0) is 13.1. The normalized spacial score (nSPS) is 19.3. The molecule has 0 radical (unpaired) electrons. The lowest BCUT2D eigenvalue weighted by atomic mass is 10.0. The van der Waals surface area contributed by atoms with Crippen molar-refractivity contribution in [2.45, 2.75) is 19.4 Å². The molecule has 1 aliphatic heterocycles. The number of aliphatic carboxylic acids is 1. The van der Waals surface area contributed by atoms with E-state index in [1.54, 1.807) is 13.0 Å². The summed E-state index contributed by atoms with van der Waals surface area (Å²) in [7, 11) is 0. The van der Waals surface area contributed by atoms with E-state index in [0.29, 0.717) is 30.9 Å². The molecule has 1 heterocycles. The summed E-state index contributed by atoms with van der Waals surface area (Å²) in [4.78, 5) is 10.8. The highest BCUT2D eigenvalue weighted by atomic mass is 19.1. The van der Waals surface area contributed by atoms with Crippen LogP contribution in [-0.2, 0) is 16.0 Å². The Morgan fingerprint density at radius 3 is 3.00 bits per heavy atom. The van der Waals surface area contributed by atoms with E-state index in [9.17, 15) is 9.18 Å². The molecule has 0 aliphatic carbocycles. The number of benzene rings is 1. The second-order valence-electron chi connectivity index (χ2n) is 4.46. The first-order chi connectivity index (χ1) is 8.56. The molecule has 1 aromatic carbocycles. The maximum absolute atomic E-state index is 13.2. The monoisotopic (exact) mass is 254 g/mol. The van der Waals surface area contributed by atoms with Crippen LogP contribution in [0.5, 0.6) is 5.75 Å². The Morgan fingerprint density at radius 1 is 1.67 bits per heavy atom. The summed E-state index contributed by atoms with van der Waals surface area (Å²) >= 11 is 0. The third kappa shape index (κ3) is 3.43. The van der Waals surface area contributed by atoms with Gasteiger partial charge in [0.05, 0.1) is 12.5 Å². The molecule has 1 N–H and O–H groups in total. The van der Waals surface area contributed by atoms with Gasteiger partial charge in [0.25, 0.3) is 0 Å². The molecule has 0 aromatic heterocycles. The molecule has 1 aromatic rings. The van der Waals surface area contributed by atoms with E-state index in [4.69, 9.17) is 14.6 Å². The first-order valence-corrected chi connectivity index (χ1v) is 5.82. The van der Waals surface area contributed by atoms with E-state index in [-0.39, 0.29) is 6.10 Å². The Balaban J connectivity index is 2.08. The maximum atomic E-state index is 13.2. The molecule has 2 atom stereocenters. The van der Waals surface area contributed by atoms with Gasteiger partial charge in [-0.2, -0.15) is 0 Å². The van der Waals surface area contributed by atoms with Gasteiger partial charge in [-0.25, -0.2) is 4.39 Å². The van der Waals surface area contributed by atoms with Gasteiger partial charge in [-0.1, -0.05) is 13.0 Å². The number of rotatable bonds is 6. The third-order valence-corrected chi connectivity index (χ3v) is 2.80. The highest BCUT2D eigenvalue weighted by molar-refractivity contribution is 5.70. The molecule has 1 unspecified atom stereocenters. The smallest absolute Gasteiger partial charge is 0.306 e. The second-order valence-corrected chi connectivity index (χ2v) is 4.46. The third-order valence-electron chi connectivity index (χ3n) is 2.80. The van der Waals surface area contributed by atoms with Crippen molar-refractivity contribution >= 4 is 5.97 Å². The number of ether oxygens (including phenoxy) is 2. The van der Waals surface area contributed by atoms with E-state index < -0.39 is 17.7 Å². The van der Waals surface area contributed by atoms with Crippen LogP contribution in [0.4, 0.5) is 4.39 Å². The van der Waals surface area contributed by atoms with Gasteiger partial charge >= 0.3 is 5.97 Å². The van der Waals surface area contributed by atoms with Crippen molar-refractivity contribution in [1.82, 2.24) is 0 Å². The van der Waals surface area contributed by atoms with Gasteiger partial charge in [-0.3, -0.25) is 4.79 Å². The number of carboxylic acid groups (broad SMARTS) is 1. The standard InChI is InChI=1S/C13H15FO4/c1-8(13(15)16)4-9-2-3-10(14)5-12(9)18-7-11-6-17-11/h2-3,5,8,11H,4,6-7H2,1H3,(H,15,16)/t8?,11-/m0/s1. The highest BCUT2D eigenvalue weighted by Gasteiger charge is 2.24. The van der Waals surface area contributed by atoms with Crippen molar-refractivity contribution in [3.05, 3.63) is 29.6 Å². The molecule has 2 rings (SSSR count). The summed E-state index contributed by atoms with van der Waals surface area (Å²) < 4.78 is 23.6. The van der Waals surface area contributed by atoms with Crippen LogP contribution in [0.25, 0.3) is 0 Å². The van der Waals surface area contributed by atoms with Crippen molar-refractivity contribution in [3.8, 4) is 5.75 Å². The fourth-order valence-electron chi connectivity index (χ4n) is 1.60. The van der Waals surface area contributed by atoms with Crippen LogP contribution in [0.1, 0.15) is 12.5 Å². The fourth-order valence-corrected chi connectivity index (χ4v) is 1.60. The summed E-state index contributed by atoms with van der Waals surface area (Å²) in [6, 6.07) is 4.16. The number of hydrogen-bond acceptors (Lipinski definition) is 3. The molecule has 0 saturated carbocycles. The molecule has 1 fully saturated rings. The number of epoxide rings is 1. The average molecular weight is 254 g/mol. The molecule has 1 aliphatic rings. The molecule has 0 spiro atoms. The predicted octanol–water partition coefficient (Wildman–Crippen LogP) is 1.87. The quantitative estimate of drug-likeness (QED) is 0.787. The fraction of sp³-hybridized carbons (Fsp3) is 0.462. The number of halogens is 1. The van der Waals surface area contributed by atoms with Crippen LogP contribution >= 0.6 is 0 Å². The summed E-state index contributed by atoms with van der Waals surface area (Å²) in [6.07, 6.45) is 0.397. The Hall–Kier alpha value is -1.62. The van der Waals surface area contributed by atoms with Crippen molar-refractivity contribution < 1.29 is 23.8 Å². The average Bonchev–Trinajstić information content (AvgIpc) is 3.13. The number of carbonyl (C=O) groups is 1. The zero-order valence-electron chi connectivity index (χ0n) is 10.1. The largest absolute Gasteiger partial charge is 0.490 e. The molecular formula is C13H15FO4. The minimum atomic E-state index is -0.879. The number of hydrogen-bond donors (Lipinski definition) is 1. The molecule has 98 valence electrons. The highest BCUT2D eigenvalue weighted by Crippen LogP contribution is 2.24. The van der Waals surface area contributed by atoms with Crippen molar-refractivity contribution in [3.63, 3.8) is 0 Å². The van der Waals surface area contributed by atoms with E-state index in [1.165, 1.54) is 12.1 Å². The molecule has 1 saturated heterocycles. The molecule has 18 heavy (non-hydrogen) atoms. The lowest BCUT2D eigenvalue weighted by molar-refractivity contribution is -0.141. The number of carboxylic acids is 1. The van der Waals surface area contributed by atoms with Crippen LogP contribution in [0.15, 0.2) is 18.2 Å². The van der Waals surface area contributed by atoms with Crippen molar-refractivity contribution in [2.75, 3.05) is 13.2 Å². The van der Waals surface area contributed by atoms with E-state index in [2.05, 4.69) is 0 Å². The van der Waals surface area contributed by atoms with Crippen molar-refractivity contribution in [1.29, 1.82) is 0 Å². The SMILES string of the molecule is CC(Cc1ccc(F)cc1OC[C@@H]1CO1)C(=O)O. The van der Waals surface area contributed by atoms with Gasteiger partial charge in [0.2, 0.25) is 0 Å². The van der Waals surface area contributed by atoms with E-state index in [0.717, 1.165) is 0 Å². The summed E-state index contributed by atoms with van der Waals surface area (Å²) in [5.74, 6) is -1.40. The molecule has 0 amide bonds. The van der Waals surface area contributed by atoms with Crippen LogP contribution in [0.3, 0.4) is 0 Å². The lowest BCUT2D eigenvalue weighted by Crippen LogP contribution is -2.14. The van der Waals surface area contributed by atoms with Gasteiger partial charge in [-0.05, 0) is 18.1 Å². The Bertz CT molecular complexity index is 443. The molecule has 0 bridgehead atoms. The first-order valence-electron chi connectivity index (χ1n) is 5.82. The predicted molar refractivity (Wildman–Crippen MR) is 62.1 cm³/mol. The zero-order valence-corrected chi connectivity index (χ0v) is 10.1. The summed E-state index contributed by atoms with van der Waals surface area (Å²) in [5.41, 5.74) is 0.701. The van der Waals surface area contributed by atoms with Crippen LogP contribution in [0.2, 0.25) is 0 Å². The Kier molecular flexibility index (Phi) is 3.81. The van der Waals surface area contributed by atoms with Crippen LogP contribution < -0.4 is 4.74 Å². The van der Waals surface area contributed by atoms with E-state index >= 15 is 0 Å². The molecular weight excluding hydrogens is 239 g/mol. The minimum absolute atomic E-state index is 0.0815. The summed E-state index contributed by atoms with van der Waals surface area (Å²) in [5, 5.41) is 8.88. The van der Waals surface area contributed by atoms with Gasteiger partial charge in [0, 0.05) is 6.07 Å². The molecule has 5 heteroatoms. The Labute approximate surface area is 104 Å². The van der Waals surface area contributed by atoms with Crippen molar-refractivity contribution in [2.24, 2.45) is 5.92 Å². The second kappa shape index (κ2) is 5.35. The first kappa shape index (κ1) is 12.8. The molecule has 4 nitrogen and oxygen atoms in total. The topological polar surface area (TPSA) is 59.1 Å². The van der Waals surface area contributed by atoms with Gasteiger partial charge in [0.1, 0.15) is 24.3 Å². The van der Waals surface area contributed by atoms with Gasteiger partial charge in [0.15, 0.2) is 0 Å². The Morgan fingerprint density at radius 2 is 2.39 bits per heavy atom. The van der Waals surface area contributed by atoms with Crippen LogP contribution in [-0.4, -0.2) is 30.4 Å². The van der Waals surface area contributed by atoms with Gasteiger partial charge < -0.3 is 14.6 Å². The van der Waals surface area contributed by atoms with Gasteiger partial charge in [-0.15, -0.1) is 0 Å². The minimum Gasteiger partial charge on any atom is -0.490 e. The lowest BCUT2D eigenvalue weighted by Gasteiger charge is -2.12.